The van der Waals surface area contributed by atoms with Gasteiger partial charge in [0.1, 0.15) is 11.6 Å². The first kappa shape index (κ1) is 15.4. The van der Waals surface area contributed by atoms with Gasteiger partial charge in [-0.1, -0.05) is 0 Å². The molecule has 1 aliphatic heterocycles. The maximum absolute atomic E-state index is 12.2. The number of fused-ring (bicyclic) bond motifs is 1. The van der Waals surface area contributed by atoms with Gasteiger partial charge < -0.3 is 15.4 Å². The zero-order valence-corrected chi connectivity index (χ0v) is 13.5. The van der Waals surface area contributed by atoms with Crippen LogP contribution in [0.5, 0.6) is 5.75 Å². The van der Waals surface area contributed by atoms with Gasteiger partial charge in [0.15, 0.2) is 0 Å². The van der Waals surface area contributed by atoms with Crippen LogP contribution in [-0.4, -0.2) is 36.0 Å². The predicted octanol–water partition coefficient (Wildman–Crippen LogP) is 2.41. The molecule has 2 N–H and O–H groups in total. The van der Waals surface area contributed by atoms with Crippen LogP contribution in [0.1, 0.15) is 25.7 Å². The summed E-state index contributed by atoms with van der Waals surface area (Å²) < 4.78 is 5.18. The Morgan fingerprint density at radius 1 is 1.45 bits per heavy atom. The van der Waals surface area contributed by atoms with Crippen molar-refractivity contribution in [3.8, 4) is 5.75 Å². The summed E-state index contributed by atoms with van der Waals surface area (Å²) in [5, 5.41) is 6.66. The van der Waals surface area contributed by atoms with Crippen molar-refractivity contribution in [2.75, 3.05) is 19.0 Å². The van der Waals surface area contributed by atoms with E-state index in [2.05, 4.69) is 15.6 Å². The highest BCUT2D eigenvalue weighted by molar-refractivity contribution is 6.20. The average Bonchev–Trinajstić information content (AvgIpc) is 2.53. The lowest BCUT2D eigenvalue weighted by Gasteiger charge is -2.41. The minimum absolute atomic E-state index is 0.0313. The summed E-state index contributed by atoms with van der Waals surface area (Å²) in [6.07, 6.45) is 5.59. The first-order valence-electron chi connectivity index (χ1n) is 7.84. The van der Waals surface area contributed by atoms with Gasteiger partial charge in [0, 0.05) is 30.2 Å². The standard InChI is InChI=1S/C16H22ClN3O2/c1-22-13-4-5-18-15(8-13)19-9-11-6-10-7-12(17)2-3-14(10)20-16(11)21/h4-5,8,10-12,14H,2-3,6-7,9H2,1H3,(H,18,19)(H,20,21). The largest absolute Gasteiger partial charge is 0.497 e. The molecule has 1 amide bonds. The number of ether oxygens (including phenoxy) is 1. The Balaban J connectivity index is 1.58. The minimum atomic E-state index is -0.0313. The summed E-state index contributed by atoms with van der Waals surface area (Å²) in [4.78, 5) is 16.5. The molecule has 2 fully saturated rings. The monoisotopic (exact) mass is 323 g/mol. The molecule has 1 aromatic heterocycles. The fraction of sp³-hybridized carbons (Fsp3) is 0.625. The van der Waals surface area contributed by atoms with Crippen LogP contribution in [0.15, 0.2) is 18.3 Å². The van der Waals surface area contributed by atoms with Crippen LogP contribution >= 0.6 is 11.6 Å². The summed E-state index contributed by atoms with van der Waals surface area (Å²) >= 11 is 6.27. The zero-order chi connectivity index (χ0) is 15.5. The van der Waals surface area contributed by atoms with Gasteiger partial charge in [-0.05, 0) is 37.7 Å². The van der Waals surface area contributed by atoms with Crippen molar-refractivity contribution in [1.29, 1.82) is 0 Å². The number of carbonyl (C=O) groups excluding carboxylic acids is 1. The average molecular weight is 324 g/mol. The number of hydrogen-bond acceptors (Lipinski definition) is 4. The molecule has 1 aromatic rings. The van der Waals surface area contributed by atoms with Crippen LogP contribution in [0.3, 0.4) is 0 Å². The van der Waals surface area contributed by atoms with Gasteiger partial charge >= 0.3 is 0 Å². The van der Waals surface area contributed by atoms with Crippen molar-refractivity contribution < 1.29 is 9.53 Å². The number of alkyl halides is 1. The molecule has 1 aliphatic carbocycles. The van der Waals surface area contributed by atoms with E-state index < -0.39 is 0 Å². The molecule has 3 rings (SSSR count). The third-order valence-electron chi connectivity index (χ3n) is 4.70. The highest BCUT2D eigenvalue weighted by atomic mass is 35.5. The highest BCUT2D eigenvalue weighted by Gasteiger charge is 2.38. The van der Waals surface area contributed by atoms with Gasteiger partial charge in [0.2, 0.25) is 5.91 Å². The Morgan fingerprint density at radius 3 is 3.14 bits per heavy atom. The SMILES string of the molecule is COc1ccnc(NCC2CC3CC(Cl)CCC3NC2=O)c1. The third kappa shape index (κ3) is 3.46. The second-order valence-corrected chi connectivity index (χ2v) is 6.80. The first-order chi connectivity index (χ1) is 10.7. The van der Waals surface area contributed by atoms with Crippen LogP contribution in [-0.2, 0) is 4.79 Å². The molecule has 4 unspecified atom stereocenters. The van der Waals surface area contributed by atoms with Gasteiger partial charge in [0.05, 0.1) is 13.0 Å². The molecule has 6 heteroatoms. The number of hydrogen-bond donors (Lipinski definition) is 2. The highest BCUT2D eigenvalue weighted by Crippen LogP contribution is 2.35. The Bertz CT molecular complexity index is 540. The van der Waals surface area contributed by atoms with Crippen molar-refractivity contribution in [3.05, 3.63) is 18.3 Å². The number of halogens is 1. The van der Waals surface area contributed by atoms with Gasteiger partial charge in [-0.15, -0.1) is 11.6 Å². The molecule has 2 aliphatic rings. The number of piperidine rings is 1. The molecule has 5 nitrogen and oxygen atoms in total. The number of nitrogens with zero attached hydrogens (tertiary/aromatic N) is 1. The number of carbonyl (C=O) groups is 1. The molecule has 0 aromatic carbocycles. The third-order valence-corrected chi connectivity index (χ3v) is 5.10. The molecule has 4 atom stereocenters. The second-order valence-electron chi connectivity index (χ2n) is 6.18. The fourth-order valence-corrected chi connectivity index (χ4v) is 3.82. The van der Waals surface area contributed by atoms with Crippen LogP contribution in [0.4, 0.5) is 5.82 Å². The summed E-state index contributed by atoms with van der Waals surface area (Å²) in [6, 6.07) is 3.94. The van der Waals surface area contributed by atoms with Crippen LogP contribution in [0.2, 0.25) is 0 Å². The Labute approximate surface area is 135 Å². The van der Waals surface area contributed by atoms with Gasteiger partial charge in [-0.3, -0.25) is 4.79 Å². The van der Waals surface area contributed by atoms with Crippen molar-refractivity contribution in [2.24, 2.45) is 11.8 Å². The minimum Gasteiger partial charge on any atom is -0.497 e. The van der Waals surface area contributed by atoms with Gasteiger partial charge in [0.25, 0.3) is 0 Å². The van der Waals surface area contributed by atoms with E-state index in [1.54, 1.807) is 19.4 Å². The molecule has 120 valence electrons. The summed E-state index contributed by atoms with van der Waals surface area (Å²) in [7, 11) is 1.62. The van der Waals surface area contributed by atoms with Crippen molar-refractivity contribution in [2.45, 2.75) is 37.1 Å². The fourth-order valence-electron chi connectivity index (χ4n) is 3.47. The summed E-state index contributed by atoms with van der Waals surface area (Å²) in [5.41, 5.74) is 0. The number of rotatable bonds is 4. The normalized spacial score (nSPS) is 31.1. The van der Waals surface area contributed by atoms with E-state index in [-0.39, 0.29) is 17.2 Å². The lowest BCUT2D eigenvalue weighted by Crippen LogP contribution is -2.53. The number of aromatic nitrogens is 1. The Morgan fingerprint density at radius 2 is 2.32 bits per heavy atom. The van der Waals surface area contributed by atoms with E-state index in [1.165, 1.54) is 0 Å². The molecule has 22 heavy (non-hydrogen) atoms. The van der Waals surface area contributed by atoms with Crippen LogP contribution in [0.25, 0.3) is 0 Å². The summed E-state index contributed by atoms with van der Waals surface area (Å²) in [6.45, 7) is 0.585. The molecule has 0 spiro atoms. The zero-order valence-electron chi connectivity index (χ0n) is 12.7. The van der Waals surface area contributed by atoms with Crippen molar-refractivity contribution in [3.63, 3.8) is 0 Å². The predicted molar refractivity (Wildman–Crippen MR) is 86.3 cm³/mol. The van der Waals surface area contributed by atoms with Gasteiger partial charge in [-0.25, -0.2) is 4.98 Å². The molecule has 0 bridgehead atoms. The van der Waals surface area contributed by atoms with E-state index >= 15 is 0 Å². The molecular weight excluding hydrogens is 302 g/mol. The summed E-state index contributed by atoms with van der Waals surface area (Å²) in [5.74, 6) is 2.09. The molecule has 2 heterocycles. The molecular formula is C16H22ClN3O2. The molecule has 1 saturated heterocycles. The maximum atomic E-state index is 12.2. The first-order valence-corrected chi connectivity index (χ1v) is 8.27. The van der Waals surface area contributed by atoms with E-state index in [4.69, 9.17) is 16.3 Å². The maximum Gasteiger partial charge on any atom is 0.225 e. The molecule has 0 radical (unpaired) electrons. The number of anilines is 1. The molecule has 1 saturated carbocycles. The van der Waals surface area contributed by atoms with Crippen molar-refractivity contribution >= 4 is 23.3 Å². The Kier molecular flexibility index (Phi) is 4.71. The second kappa shape index (κ2) is 6.73. The number of methoxy groups -OCH3 is 1. The number of pyridine rings is 1. The van der Waals surface area contributed by atoms with Crippen LogP contribution in [0, 0.1) is 11.8 Å². The Hall–Kier alpha value is -1.49. The van der Waals surface area contributed by atoms with E-state index in [1.807, 2.05) is 6.07 Å². The lowest BCUT2D eigenvalue weighted by atomic mass is 9.75. The van der Waals surface area contributed by atoms with E-state index in [9.17, 15) is 4.79 Å². The van der Waals surface area contributed by atoms with E-state index in [0.717, 1.165) is 37.3 Å². The quantitative estimate of drug-likeness (QED) is 0.835. The van der Waals surface area contributed by atoms with Crippen molar-refractivity contribution in [1.82, 2.24) is 10.3 Å². The van der Waals surface area contributed by atoms with E-state index in [0.29, 0.717) is 18.5 Å². The van der Waals surface area contributed by atoms with Crippen LogP contribution < -0.4 is 15.4 Å². The number of amides is 1. The number of nitrogens with one attached hydrogen (secondary N) is 2. The van der Waals surface area contributed by atoms with Gasteiger partial charge in [-0.2, -0.15) is 0 Å². The topological polar surface area (TPSA) is 63.2 Å². The smallest absolute Gasteiger partial charge is 0.225 e. The lowest BCUT2D eigenvalue weighted by molar-refractivity contribution is -0.129.